The number of ether oxygens (including phenoxy) is 1. The molecule has 6 heteroatoms. The van der Waals surface area contributed by atoms with Gasteiger partial charge in [0.15, 0.2) is 0 Å². The van der Waals surface area contributed by atoms with Gasteiger partial charge >= 0.3 is 0 Å². The Morgan fingerprint density at radius 1 is 1.20 bits per heavy atom. The molecule has 0 saturated carbocycles. The van der Waals surface area contributed by atoms with Gasteiger partial charge in [0, 0.05) is 55.3 Å². The van der Waals surface area contributed by atoms with Gasteiger partial charge in [-0.1, -0.05) is 17.7 Å². The molecule has 0 atom stereocenters. The molecule has 0 N–H and O–H groups in total. The van der Waals surface area contributed by atoms with E-state index in [-0.39, 0.29) is 17.6 Å². The standard InChI is InChI=1S/C19H21ClN2O3/c1-13-10-17(12-18(23)21(13)2)25-16-6-8-22(9-7-16)19(24)14-4-3-5-15(20)11-14/h3-5,10-12,16H,6-9H2,1-2H3. The summed E-state index contributed by atoms with van der Waals surface area (Å²) in [5.41, 5.74) is 1.38. The number of halogens is 1. The van der Waals surface area contributed by atoms with E-state index in [0.717, 1.165) is 18.5 Å². The average molecular weight is 361 g/mol. The van der Waals surface area contributed by atoms with Crippen molar-refractivity contribution in [2.75, 3.05) is 13.1 Å². The third-order valence-electron chi connectivity index (χ3n) is 4.58. The normalized spacial score (nSPS) is 15.2. The fourth-order valence-electron chi connectivity index (χ4n) is 2.98. The van der Waals surface area contributed by atoms with Crippen LogP contribution in [0.2, 0.25) is 5.02 Å². The predicted molar refractivity (Wildman–Crippen MR) is 97.4 cm³/mol. The molecular weight excluding hydrogens is 340 g/mol. The number of pyridine rings is 1. The molecule has 132 valence electrons. The van der Waals surface area contributed by atoms with Gasteiger partial charge in [-0.3, -0.25) is 9.59 Å². The molecule has 0 unspecified atom stereocenters. The Kier molecular flexibility index (Phi) is 5.13. The van der Waals surface area contributed by atoms with Crippen molar-refractivity contribution in [2.24, 2.45) is 7.05 Å². The minimum absolute atomic E-state index is 0.00891. The summed E-state index contributed by atoms with van der Waals surface area (Å²) in [5.74, 6) is 0.589. The molecule has 0 spiro atoms. The third-order valence-corrected chi connectivity index (χ3v) is 4.82. The first-order valence-electron chi connectivity index (χ1n) is 8.33. The minimum atomic E-state index is -0.0800. The molecule has 0 bridgehead atoms. The summed E-state index contributed by atoms with van der Waals surface area (Å²) < 4.78 is 7.53. The zero-order chi connectivity index (χ0) is 18.0. The Balaban J connectivity index is 1.60. The van der Waals surface area contributed by atoms with E-state index in [1.54, 1.807) is 35.9 Å². The highest BCUT2D eigenvalue weighted by Crippen LogP contribution is 2.21. The number of piperidine rings is 1. The highest BCUT2D eigenvalue weighted by atomic mass is 35.5. The first-order valence-corrected chi connectivity index (χ1v) is 8.71. The van der Waals surface area contributed by atoms with Crippen LogP contribution < -0.4 is 10.3 Å². The fraction of sp³-hybridized carbons (Fsp3) is 0.368. The zero-order valence-corrected chi connectivity index (χ0v) is 15.1. The number of likely N-dealkylation sites (tertiary alicyclic amines) is 1. The quantitative estimate of drug-likeness (QED) is 0.845. The summed E-state index contributed by atoms with van der Waals surface area (Å²) in [6, 6.07) is 10.4. The largest absolute Gasteiger partial charge is 0.490 e. The maximum absolute atomic E-state index is 12.5. The molecule has 1 amide bonds. The van der Waals surface area contributed by atoms with Crippen LogP contribution in [0, 0.1) is 6.92 Å². The number of rotatable bonds is 3. The Hall–Kier alpha value is -2.27. The molecule has 1 saturated heterocycles. The van der Waals surface area contributed by atoms with Crippen LogP contribution in [0.5, 0.6) is 5.75 Å². The summed E-state index contributed by atoms with van der Waals surface area (Å²) in [5, 5.41) is 0.560. The number of benzene rings is 1. The number of hydrogen-bond acceptors (Lipinski definition) is 3. The summed E-state index contributed by atoms with van der Waals surface area (Å²) >= 11 is 5.96. The van der Waals surface area contributed by atoms with Crippen LogP contribution in [0.4, 0.5) is 0 Å². The number of nitrogens with zero attached hydrogens (tertiary/aromatic N) is 2. The topological polar surface area (TPSA) is 51.5 Å². The van der Waals surface area contributed by atoms with Crippen molar-refractivity contribution in [2.45, 2.75) is 25.9 Å². The van der Waals surface area contributed by atoms with Crippen molar-refractivity contribution in [1.29, 1.82) is 0 Å². The summed E-state index contributed by atoms with van der Waals surface area (Å²) in [6.07, 6.45) is 1.48. The smallest absolute Gasteiger partial charge is 0.254 e. The third kappa shape index (κ3) is 4.04. The maximum Gasteiger partial charge on any atom is 0.254 e. The number of carbonyl (C=O) groups excluding carboxylic acids is 1. The summed E-state index contributed by atoms with van der Waals surface area (Å²) in [4.78, 5) is 26.2. The second kappa shape index (κ2) is 7.31. The first kappa shape index (κ1) is 17.5. The van der Waals surface area contributed by atoms with E-state index in [4.69, 9.17) is 16.3 Å². The lowest BCUT2D eigenvalue weighted by atomic mass is 10.1. The average Bonchev–Trinajstić information content (AvgIpc) is 2.59. The predicted octanol–water partition coefficient (Wildman–Crippen LogP) is 3.03. The summed E-state index contributed by atoms with van der Waals surface area (Å²) in [7, 11) is 1.74. The van der Waals surface area contributed by atoms with E-state index in [2.05, 4.69) is 0 Å². The van der Waals surface area contributed by atoms with Gasteiger partial charge in [0.05, 0.1) is 0 Å². The van der Waals surface area contributed by atoms with Crippen LogP contribution in [-0.2, 0) is 7.05 Å². The number of carbonyl (C=O) groups is 1. The lowest BCUT2D eigenvalue weighted by molar-refractivity contribution is 0.0595. The molecule has 2 aromatic rings. The molecule has 1 aromatic heterocycles. The molecule has 2 heterocycles. The second-order valence-electron chi connectivity index (χ2n) is 6.35. The molecule has 0 aliphatic carbocycles. The Bertz CT molecular complexity index is 839. The molecule has 5 nitrogen and oxygen atoms in total. The van der Waals surface area contributed by atoms with Gasteiger partial charge in [0.2, 0.25) is 0 Å². The van der Waals surface area contributed by atoms with Crippen LogP contribution in [-0.4, -0.2) is 34.6 Å². The van der Waals surface area contributed by atoms with Gasteiger partial charge in [-0.2, -0.15) is 0 Å². The number of aryl methyl sites for hydroxylation is 1. The molecule has 3 rings (SSSR count). The molecule has 1 aliphatic rings. The Labute approximate surface area is 151 Å². The zero-order valence-electron chi connectivity index (χ0n) is 14.4. The van der Waals surface area contributed by atoms with E-state index in [0.29, 0.717) is 29.4 Å². The number of hydrogen-bond donors (Lipinski definition) is 0. The monoisotopic (exact) mass is 360 g/mol. The lowest BCUT2D eigenvalue weighted by Crippen LogP contribution is -2.41. The van der Waals surface area contributed by atoms with Gasteiger partial charge in [-0.25, -0.2) is 0 Å². The second-order valence-corrected chi connectivity index (χ2v) is 6.79. The van der Waals surface area contributed by atoms with Crippen LogP contribution in [0.3, 0.4) is 0 Å². The van der Waals surface area contributed by atoms with Crippen molar-refractivity contribution in [3.8, 4) is 5.75 Å². The van der Waals surface area contributed by atoms with E-state index < -0.39 is 0 Å². The minimum Gasteiger partial charge on any atom is -0.490 e. The van der Waals surface area contributed by atoms with Crippen molar-refractivity contribution >= 4 is 17.5 Å². The van der Waals surface area contributed by atoms with Crippen LogP contribution in [0.15, 0.2) is 41.2 Å². The van der Waals surface area contributed by atoms with Crippen molar-refractivity contribution < 1.29 is 9.53 Å². The van der Waals surface area contributed by atoms with Crippen LogP contribution >= 0.6 is 11.6 Å². The molecule has 1 aromatic carbocycles. The fourth-order valence-corrected chi connectivity index (χ4v) is 3.17. The van der Waals surface area contributed by atoms with Crippen LogP contribution in [0.25, 0.3) is 0 Å². The molecule has 0 radical (unpaired) electrons. The van der Waals surface area contributed by atoms with E-state index in [9.17, 15) is 9.59 Å². The highest BCUT2D eigenvalue weighted by Gasteiger charge is 2.25. The SMILES string of the molecule is Cc1cc(OC2CCN(C(=O)c3cccc(Cl)c3)CC2)cc(=O)n1C. The molecule has 25 heavy (non-hydrogen) atoms. The van der Waals surface area contributed by atoms with Gasteiger partial charge < -0.3 is 14.2 Å². The van der Waals surface area contributed by atoms with Crippen molar-refractivity contribution in [1.82, 2.24) is 9.47 Å². The van der Waals surface area contributed by atoms with E-state index in [1.807, 2.05) is 17.9 Å². The Morgan fingerprint density at radius 3 is 2.56 bits per heavy atom. The van der Waals surface area contributed by atoms with Crippen LogP contribution in [0.1, 0.15) is 28.9 Å². The van der Waals surface area contributed by atoms with Crippen molar-refractivity contribution in [3.05, 3.63) is 63.0 Å². The highest BCUT2D eigenvalue weighted by molar-refractivity contribution is 6.30. The number of amides is 1. The Morgan fingerprint density at radius 2 is 1.92 bits per heavy atom. The molecule has 1 fully saturated rings. The van der Waals surface area contributed by atoms with Gasteiger partial charge in [-0.05, 0) is 31.2 Å². The van der Waals surface area contributed by atoms with Crippen molar-refractivity contribution in [3.63, 3.8) is 0 Å². The maximum atomic E-state index is 12.5. The molecular formula is C19H21ClN2O3. The van der Waals surface area contributed by atoms with Gasteiger partial charge in [0.25, 0.3) is 11.5 Å². The first-order chi connectivity index (χ1) is 11.9. The number of aromatic nitrogens is 1. The molecule has 1 aliphatic heterocycles. The van der Waals surface area contributed by atoms with Gasteiger partial charge in [0.1, 0.15) is 11.9 Å². The van der Waals surface area contributed by atoms with E-state index in [1.165, 1.54) is 6.07 Å². The summed E-state index contributed by atoms with van der Waals surface area (Å²) in [6.45, 7) is 3.13. The van der Waals surface area contributed by atoms with E-state index >= 15 is 0 Å². The lowest BCUT2D eigenvalue weighted by Gasteiger charge is -2.32. The van der Waals surface area contributed by atoms with Gasteiger partial charge in [-0.15, -0.1) is 0 Å².